The number of benzene rings is 1. The fourth-order valence-electron chi connectivity index (χ4n) is 3.52. The van der Waals surface area contributed by atoms with Crippen LogP contribution in [0.3, 0.4) is 0 Å². The predicted molar refractivity (Wildman–Crippen MR) is 104 cm³/mol. The van der Waals surface area contributed by atoms with E-state index in [1.54, 1.807) is 11.8 Å². The number of hydrogen-bond donors (Lipinski definition) is 2. The molecule has 130 valence electrons. The highest BCUT2D eigenvalue weighted by molar-refractivity contribution is 7.98. The van der Waals surface area contributed by atoms with Crippen molar-refractivity contribution in [2.45, 2.75) is 44.6 Å². The van der Waals surface area contributed by atoms with Crippen LogP contribution in [-0.4, -0.2) is 35.1 Å². The molecule has 0 spiro atoms. The molecule has 0 bridgehead atoms. The maximum Gasteiger partial charge on any atom is 0.270 e. The molecule has 0 unspecified atom stereocenters. The average Bonchev–Trinajstić information content (AvgIpc) is 2.60. The summed E-state index contributed by atoms with van der Waals surface area (Å²) in [5, 5.41) is 0. The maximum absolute atomic E-state index is 12.1. The molecule has 1 saturated carbocycles. The van der Waals surface area contributed by atoms with Gasteiger partial charge < -0.3 is 15.6 Å². The summed E-state index contributed by atoms with van der Waals surface area (Å²) < 4.78 is 0. The highest BCUT2D eigenvalue weighted by Gasteiger charge is 2.20. The lowest BCUT2D eigenvalue weighted by atomic mass is 9.94. The number of nitrogen functional groups attached to an aromatic ring is 1. The molecule has 1 fully saturated rings. The summed E-state index contributed by atoms with van der Waals surface area (Å²) in [5.74, 6) is 0.894. The number of aromatic amines is 1. The van der Waals surface area contributed by atoms with Gasteiger partial charge in [0, 0.05) is 19.5 Å². The molecule has 0 amide bonds. The normalized spacial score (nSPS) is 15.8. The molecular weight excluding hydrogens is 320 g/mol. The minimum atomic E-state index is -0.107. The molecule has 2 aromatic rings. The highest BCUT2D eigenvalue weighted by atomic mass is 32.2. The Hall–Kier alpha value is -1.69. The molecule has 24 heavy (non-hydrogen) atoms. The summed E-state index contributed by atoms with van der Waals surface area (Å²) in [5.41, 5.74) is 10.0. The maximum atomic E-state index is 12.1. The second-order valence-electron chi connectivity index (χ2n) is 6.59. The van der Waals surface area contributed by atoms with Crippen LogP contribution < -0.4 is 16.2 Å². The Balaban J connectivity index is 1.97. The number of thioether (sulfide) groups is 1. The predicted octanol–water partition coefficient (Wildman–Crippen LogP) is 3.18. The molecule has 0 radical (unpaired) electrons. The lowest BCUT2D eigenvalue weighted by Gasteiger charge is -2.33. The molecular formula is C18H26N4OS. The quantitative estimate of drug-likeness (QED) is 0.813. The van der Waals surface area contributed by atoms with E-state index in [4.69, 9.17) is 5.73 Å². The standard InChI is InChI=1S/C18H26N4OS/c1-22(12-6-4-3-5-7-12)17-11-16-15(10-13(17)19)21-18(23)14(20-16)8-9-24-2/h10-12H,3-9,19H2,1-2H3,(H,21,23). The Morgan fingerprint density at radius 3 is 2.79 bits per heavy atom. The van der Waals surface area contributed by atoms with E-state index in [9.17, 15) is 4.79 Å². The summed E-state index contributed by atoms with van der Waals surface area (Å²) in [7, 11) is 2.12. The largest absolute Gasteiger partial charge is 0.397 e. The molecule has 1 aromatic heterocycles. The van der Waals surface area contributed by atoms with E-state index in [0.29, 0.717) is 29.4 Å². The van der Waals surface area contributed by atoms with Gasteiger partial charge in [-0.3, -0.25) is 4.79 Å². The van der Waals surface area contributed by atoms with Crippen LogP contribution in [-0.2, 0) is 6.42 Å². The average molecular weight is 347 g/mol. The van der Waals surface area contributed by atoms with Crippen LogP contribution in [0.4, 0.5) is 11.4 Å². The molecule has 5 nitrogen and oxygen atoms in total. The molecule has 6 heteroatoms. The van der Waals surface area contributed by atoms with Crippen molar-refractivity contribution in [1.29, 1.82) is 0 Å². The smallest absolute Gasteiger partial charge is 0.270 e. The fraction of sp³-hybridized carbons (Fsp3) is 0.556. The van der Waals surface area contributed by atoms with Crippen LogP contribution in [0.5, 0.6) is 0 Å². The Kier molecular flexibility index (Phi) is 5.33. The zero-order valence-corrected chi connectivity index (χ0v) is 15.3. The molecule has 0 atom stereocenters. The van der Waals surface area contributed by atoms with E-state index in [1.165, 1.54) is 32.1 Å². The minimum absolute atomic E-state index is 0.107. The van der Waals surface area contributed by atoms with Crippen LogP contribution in [0.2, 0.25) is 0 Å². The van der Waals surface area contributed by atoms with Gasteiger partial charge in [0.1, 0.15) is 5.69 Å². The molecule has 0 aliphatic heterocycles. The van der Waals surface area contributed by atoms with Crippen molar-refractivity contribution in [3.8, 4) is 0 Å². The van der Waals surface area contributed by atoms with Gasteiger partial charge in [0.15, 0.2) is 0 Å². The van der Waals surface area contributed by atoms with Gasteiger partial charge in [-0.05, 0) is 37.0 Å². The number of nitrogens with two attached hydrogens (primary N) is 1. The van der Waals surface area contributed by atoms with Crippen molar-refractivity contribution >= 4 is 34.2 Å². The number of rotatable bonds is 5. The molecule has 0 saturated heterocycles. The van der Waals surface area contributed by atoms with Gasteiger partial charge in [0.05, 0.1) is 22.4 Å². The van der Waals surface area contributed by atoms with Gasteiger partial charge in [-0.1, -0.05) is 19.3 Å². The number of aromatic nitrogens is 2. The highest BCUT2D eigenvalue weighted by Crippen LogP contribution is 2.32. The first kappa shape index (κ1) is 17.1. The Bertz CT molecular complexity index is 767. The Morgan fingerprint density at radius 2 is 2.08 bits per heavy atom. The van der Waals surface area contributed by atoms with Crippen LogP contribution in [0.25, 0.3) is 11.0 Å². The third-order valence-electron chi connectivity index (χ3n) is 4.96. The van der Waals surface area contributed by atoms with Gasteiger partial charge in [0.25, 0.3) is 5.56 Å². The van der Waals surface area contributed by atoms with E-state index >= 15 is 0 Å². The van der Waals surface area contributed by atoms with Crippen molar-refractivity contribution in [2.24, 2.45) is 0 Å². The summed E-state index contributed by atoms with van der Waals surface area (Å²) >= 11 is 1.72. The van der Waals surface area contributed by atoms with Crippen LogP contribution in [0.1, 0.15) is 37.8 Å². The first-order valence-corrected chi connectivity index (χ1v) is 10.0. The molecule has 3 N–H and O–H groups in total. The first-order chi connectivity index (χ1) is 11.6. The summed E-state index contributed by atoms with van der Waals surface area (Å²) in [6.07, 6.45) is 9.05. The van der Waals surface area contributed by atoms with Crippen molar-refractivity contribution in [3.63, 3.8) is 0 Å². The van der Waals surface area contributed by atoms with E-state index < -0.39 is 0 Å². The van der Waals surface area contributed by atoms with E-state index in [1.807, 2.05) is 18.4 Å². The van der Waals surface area contributed by atoms with Crippen LogP contribution >= 0.6 is 11.8 Å². The molecule has 3 rings (SSSR count). The lowest BCUT2D eigenvalue weighted by Crippen LogP contribution is -2.33. The van der Waals surface area contributed by atoms with Gasteiger partial charge in [0.2, 0.25) is 0 Å². The van der Waals surface area contributed by atoms with Crippen molar-refractivity contribution in [3.05, 3.63) is 28.2 Å². The molecule has 1 aromatic carbocycles. The van der Waals surface area contributed by atoms with E-state index in [2.05, 4.69) is 21.9 Å². The van der Waals surface area contributed by atoms with Gasteiger partial charge in [-0.25, -0.2) is 4.98 Å². The van der Waals surface area contributed by atoms with Gasteiger partial charge in [-0.15, -0.1) is 0 Å². The summed E-state index contributed by atoms with van der Waals surface area (Å²) in [6, 6.07) is 4.41. The monoisotopic (exact) mass is 346 g/mol. The number of hydrogen-bond acceptors (Lipinski definition) is 5. The summed E-state index contributed by atoms with van der Waals surface area (Å²) in [6.45, 7) is 0. The van der Waals surface area contributed by atoms with Crippen molar-refractivity contribution in [2.75, 3.05) is 29.7 Å². The van der Waals surface area contributed by atoms with Gasteiger partial charge in [-0.2, -0.15) is 11.8 Å². The third-order valence-corrected chi connectivity index (χ3v) is 5.57. The molecule has 1 aliphatic carbocycles. The Morgan fingerprint density at radius 1 is 1.33 bits per heavy atom. The Labute approximate surface area is 147 Å². The van der Waals surface area contributed by atoms with Crippen LogP contribution in [0.15, 0.2) is 16.9 Å². The second-order valence-corrected chi connectivity index (χ2v) is 7.57. The molecule has 1 aliphatic rings. The van der Waals surface area contributed by atoms with Crippen molar-refractivity contribution in [1.82, 2.24) is 9.97 Å². The second kappa shape index (κ2) is 7.47. The van der Waals surface area contributed by atoms with Gasteiger partial charge >= 0.3 is 0 Å². The summed E-state index contributed by atoms with van der Waals surface area (Å²) in [4.78, 5) is 22.0. The number of aryl methyl sites for hydroxylation is 1. The SMILES string of the molecule is CSCCc1nc2cc(N(C)C3CCCCC3)c(N)cc2[nH]c1=O. The molecule has 1 heterocycles. The third kappa shape index (κ3) is 3.53. The zero-order chi connectivity index (χ0) is 17.1. The van der Waals surface area contributed by atoms with E-state index in [-0.39, 0.29) is 5.56 Å². The topological polar surface area (TPSA) is 75.0 Å². The zero-order valence-electron chi connectivity index (χ0n) is 14.5. The van der Waals surface area contributed by atoms with E-state index in [0.717, 1.165) is 17.0 Å². The number of anilines is 2. The number of H-pyrrole nitrogens is 1. The number of nitrogens with zero attached hydrogens (tertiary/aromatic N) is 2. The number of fused-ring (bicyclic) bond motifs is 1. The first-order valence-electron chi connectivity index (χ1n) is 8.64. The fourth-order valence-corrected chi connectivity index (χ4v) is 3.91. The lowest BCUT2D eigenvalue weighted by molar-refractivity contribution is 0.428. The minimum Gasteiger partial charge on any atom is -0.397 e. The van der Waals surface area contributed by atoms with Crippen molar-refractivity contribution < 1.29 is 0 Å². The van der Waals surface area contributed by atoms with Crippen LogP contribution in [0, 0.1) is 0 Å². The number of nitrogens with one attached hydrogen (secondary N) is 1.